The van der Waals surface area contributed by atoms with Crippen LogP contribution >= 0.6 is 11.6 Å². The van der Waals surface area contributed by atoms with Gasteiger partial charge in [-0.1, -0.05) is 54.1 Å². The van der Waals surface area contributed by atoms with E-state index in [9.17, 15) is 4.79 Å². The molecule has 0 aliphatic carbocycles. The number of amides is 1. The van der Waals surface area contributed by atoms with Crippen LogP contribution in [0.15, 0.2) is 54.6 Å². The van der Waals surface area contributed by atoms with Gasteiger partial charge in [-0.15, -0.1) is 0 Å². The van der Waals surface area contributed by atoms with Crippen LogP contribution in [0.4, 0.5) is 0 Å². The highest BCUT2D eigenvalue weighted by molar-refractivity contribution is 6.33. The molecule has 1 amide bonds. The van der Waals surface area contributed by atoms with Crippen molar-refractivity contribution in [1.29, 1.82) is 0 Å². The molecule has 1 fully saturated rings. The fourth-order valence-electron chi connectivity index (χ4n) is 3.76. The molecule has 0 radical (unpaired) electrons. The molecule has 2 atom stereocenters. The SMILES string of the molecule is C[C@@H](c1ccccc1)N(C(=O)c1ccccc1Cl)[C@@H]1CCOC(C)(C)C1. The minimum atomic E-state index is -0.238. The first-order chi connectivity index (χ1) is 12.4. The summed E-state index contributed by atoms with van der Waals surface area (Å²) in [4.78, 5) is 15.5. The van der Waals surface area contributed by atoms with Crippen molar-refractivity contribution < 1.29 is 9.53 Å². The molecule has 1 aliphatic rings. The lowest BCUT2D eigenvalue weighted by molar-refractivity contribution is -0.0823. The predicted molar refractivity (Wildman–Crippen MR) is 106 cm³/mol. The van der Waals surface area contributed by atoms with Crippen molar-refractivity contribution in [2.24, 2.45) is 0 Å². The van der Waals surface area contributed by atoms with Gasteiger partial charge in [0.15, 0.2) is 0 Å². The molecule has 138 valence electrons. The van der Waals surface area contributed by atoms with E-state index in [1.54, 1.807) is 12.1 Å². The first-order valence-electron chi connectivity index (χ1n) is 9.15. The number of hydrogen-bond donors (Lipinski definition) is 0. The standard InChI is InChI=1S/C22H26ClNO2/c1-16(17-9-5-4-6-10-17)24(18-13-14-26-22(2,3)15-18)21(25)19-11-7-8-12-20(19)23/h4-12,16,18H,13-15H2,1-3H3/t16-,18+/m0/s1. The number of halogens is 1. The maximum absolute atomic E-state index is 13.5. The predicted octanol–water partition coefficient (Wildman–Crippen LogP) is 5.50. The third-order valence-corrected chi connectivity index (χ3v) is 5.43. The Hall–Kier alpha value is -1.84. The third-order valence-electron chi connectivity index (χ3n) is 5.10. The molecule has 0 bridgehead atoms. The van der Waals surface area contributed by atoms with E-state index < -0.39 is 0 Å². The second-order valence-corrected chi connectivity index (χ2v) is 7.94. The van der Waals surface area contributed by atoms with E-state index in [1.165, 1.54) is 0 Å². The molecule has 0 unspecified atom stereocenters. The van der Waals surface area contributed by atoms with E-state index in [0.717, 1.165) is 18.4 Å². The Bertz CT molecular complexity index is 760. The van der Waals surface area contributed by atoms with Gasteiger partial charge in [-0.3, -0.25) is 4.79 Å². The Morgan fingerprint density at radius 1 is 1.15 bits per heavy atom. The summed E-state index contributed by atoms with van der Waals surface area (Å²) in [5.74, 6) is -0.0188. The van der Waals surface area contributed by atoms with Gasteiger partial charge < -0.3 is 9.64 Å². The van der Waals surface area contributed by atoms with Crippen molar-refractivity contribution in [3.8, 4) is 0 Å². The average Bonchev–Trinajstić information content (AvgIpc) is 2.62. The monoisotopic (exact) mass is 371 g/mol. The maximum atomic E-state index is 13.5. The number of carbonyl (C=O) groups is 1. The molecule has 1 saturated heterocycles. The molecular weight excluding hydrogens is 346 g/mol. The van der Waals surface area contributed by atoms with Crippen LogP contribution in [0.5, 0.6) is 0 Å². The zero-order valence-corrected chi connectivity index (χ0v) is 16.4. The van der Waals surface area contributed by atoms with Crippen molar-refractivity contribution in [1.82, 2.24) is 4.90 Å². The van der Waals surface area contributed by atoms with Crippen LogP contribution < -0.4 is 0 Å². The van der Waals surface area contributed by atoms with Crippen LogP contribution in [-0.2, 0) is 4.74 Å². The molecule has 3 nitrogen and oxygen atoms in total. The van der Waals surface area contributed by atoms with Crippen molar-refractivity contribution >= 4 is 17.5 Å². The minimum Gasteiger partial charge on any atom is -0.375 e. The minimum absolute atomic E-state index is 0.0188. The van der Waals surface area contributed by atoms with E-state index in [1.807, 2.05) is 35.2 Å². The molecule has 3 rings (SSSR count). The van der Waals surface area contributed by atoms with Gasteiger partial charge in [0.25, 0.3) is 5.91 Å². The summed E-state index contributed by atoms with van der Waals surface area (Å²) in [7, 11) is 0. The molecule has 0 N–H and O–H groups in total. The van der Waals surface area contributed by atoms with Crippen molar-refractivity contribution in [3.63, 3.8) is 0 Å². The zero-order valence-electron chi connectivity index (χ0n) is 15.6. The van der Waals surface area contributed by atoms with Gasteiger partial charge in [-0.25, -0.2) is 0 Å². The summed E-state index contributed by atoms with van der Waals surface area (Å²) < 4.78 is 5.88. The normalized spacial score (nSPS) is 20.4. The van der Waals surface area contributed by atoms with Gasteiger partial charge in [-0.2, -0.15) is 0 Å². The highest BCUT2D eigenvalue weighted by Gasteiger charge is 2.37. The molecule has 26 heavy (non-hydrogen) atoms. The van der Waals surface area contributed by atoms with Gasteiger partial charge in [0.1, 0.15) is 0 Å². The second-order valence-electron chi connectivity index (χ2n) is 7.53. The van der Waals surface area contributed by atoms with Gasteiger partial charge in [0.05, 0.1) is 22.2 Å². The largest absolute Gasteiger partial charge is 0.375 e. The van der Waals surface area contributed by atoms with Crippen LogP contribution in [0.1, 0.15) is 55.6 Å². The smallest absolute Gasteiger partial charge is 0.256 e. The number of rotatable bonds is 4. The van der Waals surface area contributed by atoms with Crippen molar-refractivity contribution in [3.05, 3.63) is 70.7 Å². The van der Waals surface area contributed by atoms with Gasteiger partial charge in [-0.05, 0) is 51.3 Å². The Labute approximate surface area is 160 Å². The highest BCUT2D eigenvalue weighted by atomic mass is 35.5. The molecule has 4 heteroatoms. The van der Waals surface area contributed by atoms with Crippen LogP contribution in [0.2, 0.25) is 5.02 Å². The Morgan fingerprint density at radius 3 is 2.46 bits per heavy atom. The van der Waals surface area contributed by atoms with Crippen molar-refractivity contribution in [2.45, 2.75) is 51.3 Å². The molecule has 0 saturated carbocycles. The second kappa shape index (κ2) is 7.81. The maximum Gasteiger partial charge on any atom is 0.256 e. The molecular formula is C22H26ClNO2. The van der Waals surface area contributed by atoms with E-state index >= 15 is 0 Å². The van der Waals surface area contributed by atoms with Crippen LogP contribution in [-0.4, -0.2) is 29.1 Å². The summed E-state index contributed by atoms with van der Waals surface area (Å²) in [6, 6.07) is 17.5. The van der Waals surface area contributed by atoms with E-state index in [2.05, 4.69) is 32.9 Å². The van der Waals surface area contributed by atoms with Crippen LogP contribution in [0.25, 0.3) is 0 Å². The topological polar surface area (TPSA) is 29.5 Å². The fraction of sp³-hybridized carbons (Fsp3) is 0.409. The lowest BCUT2D eigenvalue weighted by atomic mass is 9.90. The summed E-state index contributed by atoms with van der Waals surface area (Å²) in [6.07, 6.45) is 1.64. The Balaban J connectivity index is 1.98. The fourth-order valence-corrected chi connectivity index (χ4v) is 3.98. The quantitative estimate of drug-likeness (QED) is 0.710. The lowest BCUT2D eigenvalue weighted by Gasteiger charge is -2.44. The lowest BCUT2D eigenvalue weighted by Crippen LogP contribution is -2.49. The highest BCUT2D eigenvalue weighted by Crippen LogP contribution is 2.34. The van der Waals surface area contributed by atoms with Gasteiger partial charge >= 0.3 is 0 Å². The van der Waals surface area contributed by atoms with Crippen LogP contribution in [0, 0.1) is 0 Å². The number of ether oxygens (including phenoxy) is 1. The zero-order chi connectivity index (χ0) is 18.7. The third kappa shape index (κ3) is 4.11. The van der Waals surface area contributed by atoms with Gasteiger partial charge in [0.2, 0.25) is 0 Å². The number of hydrogen-bond acceptors (Lipinski definition) is 2. The molecule has 1 heterocycles. The van der Waals surface area contributed by atoms with E-state index in [-0.39, 0.29) is 23.6 Å². The molecule has 0 spiro atoms. The van der Waals surface area contributed by atoms with Crippen LogP contribution in [0.3, 0.4) is 0 Å². The number of nitrogens with zero attached hydrogens (tertiary/aromatic N) is 1. The molecule has 2 aromatic carbocycles. The number of carbonyl (C=O) groups excluding carboxylic acids is 1. The molecule has 2 aromatic rings. The van der Waals surface area contributed by atoms with Gasteiger partial charge in [0, 0.05) is 12.6 Å². The Kier molecular flexibility index (Phi) is 5.69. The number of benzene rings is 2. The summed E-state index contributed by atoms with van der Waals surface area (Å²) in [5.41, 5.74) is 1.44. The Morgan fingerprint density at radius 2 is 1.81 bits per heavy atom. The van der Waals surface area contributed by atoms with E-state index in [4.69, 9.17) is 16.3 Å². The summed E-state index contributed by atoms with van der Waals surface area (Å²) in [5, 5.41) is 0.495. The van der Waals surface area contributed by atoms with E-state index in [0.29, 0.717) is 17.2 Å². The average molecular weight is 372 g/mol. The molecule has 0 aromatic heterocycles. The first kappa shape index (κ1) is 18.9. The van der Waals surface area contributed by atoms with Crippen molar-refractivity contribution in [2.75, 3.05) is 6.61 Å². The summed E-state index contributed by atoms with van der Waals surface area (Å²) in [6.45, 7) is 6.92. The summed E-state index contributed by atoms with van der Waals surface area (Å²) >= 11 is 6.34. The first-order valence-corrected chi connectivity index (χ1v) is 9.53. The molecule has 1 aliphatic heterocycles.